The van der Waals surface area contributed by atoms with E-state index in [1.165, 1.54) is 24.0 Å². The highest BCUT2D eigenvalue weighted by molar-refractivity contribution is 5.39. The summed E-state index contributed by atoms with van der Waals surface area (Å²) in [4.78, 5) is 0. The van der Waals surface area contributed by atoms with Crippen molar-refractivity contribution in [1.29, 1.82) is 0 Å². The summed E-state index contributed by atoms with van der Waals surface area (Å²) in [6.07, 6.45) is 2.42. The third kappa shape index (κ3) is 2.61. The van der Waals surface area contributed by atoms with Gasteiger partial charge in [0.05, 0.1) is 0 Å². The largest absolute Gasteiger partial charge is 0.309 e. The fraction of sp³-hybridized carbons (Fsp3) is 0.647. The van der Waals surface area contributed by atoms with Crippen LogP contribution in [0.3, 0.4) is 0 Å². The van der Waals surface area contributed by atoms with Crippen LogP contribution in [-0.2, 0) is 6.42 Å². The zero-order valence-electron chi connectivity index (χ0n) is 12.5. The maximum atomic E-state index is 3.73. The van der Waals surface area contributed by atoms with Gasteiger partial charge in [-0.2, -0.15) is 0 Å². The highest BCUT2D eigenvalue weighted by atomic mass is 14.9. The van der Waals surface area contributed by atoms with Gasteiger partial charge in [0.2, 0.25) is 0 Å². The van der Waals surface area contributed by atoms with Crippen LogP contribution in [0.5, 0.6) is 0 Å². The van der Waals surface area contributed by atoms with Crippen molar-refractivity contribution < 1.29 is 0 Å². The Morgan fingerprint density at radius 2 is 1.94 bits per heavy atom. The van der Waals surface area contributed by atoms with Gasteiger partial charge in [-0.1, -0.05) is 59.2 Å². The zero-order chi connectivity index (χ0) is 13.3. The molecule has 0 spiro atoms. The fourth-order valence-electron chi connectivity index (χ4n) is 3.05. The zero-order valence-corrected chi connectivity index (χ0v) is 12.5. The van der Waals surface area contributed by atoms with E-state index in [0.717, 1.165) is 6.54 Å². The molecule has 1 aromatic carbocycles. The Labute approximate surface area is 112 Å². The summed E-state index contributed by atoms with van der Waals surface area (Å²) in [6, 6.07) is 7.62. The van der Waals surface area contributed by atoms with Gasteiger partial charge in [0.1, 0.15) is 0 Å². The molecule has 0 fully saturated rings. The first kappa shape index (κ1) is 13.6. The van der Waals surface area contributed by atoms with Gasteiger partial charge in [0, 0.05) is 12.6 Å². The first-order valence-electron chi connectivity index (χ1n) is 7.29. The van der Waals surface area contributed by atoms with Crippen LogP contribution in [0.1, 0.15) is 69.7 Å². The molecule has 1 nitrogen and oxygen atoms in total. The second kappa shape index (κ2) is 5.05. The summed E-state index contributed by atoms with van der Waals surface area (Å²) < 4.78 is 0. The van der Waals surface area contributed by atoms with Crippen molar-refractivity contribution >= 4 is 0 Å². The minimum Gasteiger partial charge on any atom is -0.309 e. The van der Waals surface area contributed by atoms with Gasteiger partial charge in [0.25, 0.3) is 0 Å². The van der Waals surface area contributed by atoms with Crippen molar-refractivity contribution in [2.24, 2.45) is 5.41 Å². The molecule has 2 unspecified atom stereocenters. The summed E-state index contributed by atoms with van der Waals surface area (Å²) >= 11 is 0. The van der Waals surface area contributed by atoms with Crippen molar-refractivity contribution in [2.45, 2.75) is 59.4 Å². The van der Waals surface area contributed by atoms with Gasteiger partial charge in [-0.3, -0.25) is 0 Å². The molecule has 100 valence electrons. The molecule has 1 aromatic rings. The quantitative estimate of drug-likeness (QED) is 0.812. The Balaban J connectivity index is 2.43. The predicted octanol–water partition coefficient (Wildman–Crippen LogP) is 4.43. The number of fused-ring (bicyclic) bond motifs is 1. The van der Waals surface area contributed by atoms with E-state index < -0.39 is 0 Å². The molecule has 1 aliphatic rings. The van der Waals surface area contributed by atoms with E-state index in [2.05, 4.69) is 58.1 Å². The van der Waals surface area contributed by atoms with Gasteiger partial charge < -0.3 is 5.32 Å². The Bertz CT molecular complexity index is 414. The van der Waals surface area contributed by atoms with Crippen molar-refractivity contribution in [1.82, 2.24) is 5.32 Å². The first-order valence-corrected chi connectivity index (χ1v) is 7.29. The average molecular weight is 245 g/mol. The van der Waals surface area contributed by atoms with Crippen LogP contribution < -0.4 is 5.32 Å². The number of aryl methyl sites for hydroxylation is 1. The smallest absolute Gasteiger partial charge is 0.0372 e. The molecule has 1 aliphatic heterocycles. The van der Waals surface area contributed by atoms with Crippen LogP contribution in [0.15, 0.2) is 18.2 Å². The third-order valence-electron chi connectivity index (χ3n) is 4.03. The van der Waals surface area contributed by atoms with Crippen molar-refractivity contribution in [3.8, 4) is 0 Å². The van der Waals surface area contributed by atoms with Crippen LogP contribution in [0.2, 0.25) is 0 Å². The number of hydrogen-bond donors (Lipinski definition) is 1. The van der Waals surface area contributed by atoms with E-state index in [1.807, 2.05) is 0 Å². The molecule has 0 amide bonds. The van der Waals surface area contributed by atoms with Crippen LogP contribution >= 0.6 is 0 Å². The van der Waals surface area contributed by atoms with E-state index >= 15 is 0 Å². The molecule has 0 saturated heterocycles. The lowest BCUT2D eigenvalue weighted by atomic mass is 9.75. The van der Waals surface area contributed by atoms with E-state index in [-0.39, 0.29) is 5.41 Å². The fourth-order valence-corrected chi connectivity index (χ4v) is 3.05. The van der Waals surface area contributed by atoms with E-state index in [9.17, 15) is 0 Å². The second-order valence-electron chi connectivity index (χ2n) is 6.82. The van der Waals surface area contributed by atoms with Crippen molar-refractivity contribution in [2.75, 3.05) is 6.54 Å². The van der Waals surface area contributed by atoms with Gasteiger partial charge in [-0.15, -0.1) is 0 Å². The number of rotatable bonds is 2. The van der Waals surface area contributed by atoms with Gasteiger partial charge >= 0.3 is 0 Å². The molecule has 0 aromatic heterocycles. The molecule has 0 aliphatic carbocycles. The maximum absolute atomic E-state index is 3.73. The van der Waals surface area contributed by atoms with Gasteiger partial charge in [-0.25, -0.2) is 0 Å². The first-order chi connectivity index (χ1) is 8.43. The Kier molecular flexibility index (Phi) is 3.82. The van der Waals surface area contributed by atoms with Gasteiger partial charge in [-0.05, 0) is 34.4 Å². The van der Waals surface area contributed by atoms with Crippen LogP contribution in [0, 0.1) is 5.41 Å². The summed E-state index contributed by atoms with van der Waals surface area (Å²) in [6.45, 7) is 12.7. The molecular formula is C17H27N. The maximum Gasteiger partial charge on any atom is 0.0372 e. The van der Waals surface area contributed by atoms with E-state index in [0.29, 0.717) is 12.0 Å². The average Bonchev–Trinajstić information content (AvgIpc) is 2.28. The Morgan fingerprint density at radius 1 is 1.22 bits per heavy atom. The lowest BCUT2D eigenvalue weighted by Gasteiger charge is -2.39. The lowest BCUT2D eigenvalue weighted by molar-refractivity contribution is 0.256. The topological polar surface area (TPSA) is 12.0 Å². The minimum absolute atomic E-state index is 0.278. The third-order valence-corrected chi connectivity index (χ3v) is 4.03. The van der Waals surface area contributed by atoms with Crippen molar-refractivity contribution in [3.05, 3.63) is 34.9 Å². The van der Waals surface area contributed by atoms with Gasteiger partial charge in [0.15, 0.2) is 0 Å². The van der Waals surface area contributed by atoms with Crippen molar-refractivity contribution in [3.63, 3.8) is 0 Å². The highest BCUT2D eigenvalue weighted by Gasteiger charge is 2.32. The van der Waals surface area contributed by atoms with E-state index in [1.54, 1.807) is 5.56 Å². The highest BCUT2D eigenvalue weighted by Crippen LogP contribution is 2.40. The number of nitrogens with one attached hydrogen (secondary N) is 1. The van der Waals surface area contributed by atoms with Crippen LogP contribution in [0.4, 0.5) is 0 Å². The van der Waals surface area contributed by atoms with E-state index in [4.69, 9.17) is 0 Å². The molecule has 1 N–H and O–H groups in total. The summed E-state index contributed by atoms with van der Waals surface area (Å²) in [5.41, 5.74) is 4.85. The minimum atomic E-state index is 0.278. The SMILES string of the molecule is CCCc1ccc2c(c1)C(C(C)(C)C)NCC2C. The van der Waals surface area contributed by atoms with Crippen LogP contribution in [-0.4, -0.2) is 6.54 Å². The molecule has 2 rings (SSSR count). The lowest BCUT2D eigenvalue weighted by Crippen LogP contribution is -2.39. The molecule has 1 heterocycles. The number of hydrogen-bond acceptors (Lipinski definition) is 1. The normalized spacial score (nSPS) is 23.8. The second-order valence-corrected chi connectivity index (χ2v) is 6.82. The molecule has 18 heavy (non-hydrogen) atoms. The molecule has 0 radical (unpaired) electrons. The molecular weight excluding hydrogens is 218 g/mol. The number of benzene rings is 1. The molecule has 1 heteroatoms. The summed E-state index contributed by atoms with van der Waals surface area (Å²) in [5.74, 6) is 0.634. The summed E-state index contributed by atoms with van der Waals surface area (Å²) in [7, 11) is 0. The molecule has 2 atom stereocenters. The van der Waals surface area contributed by atoms with Crippen LogP contribution in [0.25, 0.3) is 0 Å². The Hall–Kier alpha value is -0.820. The predicted molar refractivity (Wildman–Crippen MR) is 79.1 cm³/mol. The molecule has 0 saturated carbocycles. The monoisotopic (exact) mass is 245 g/mol. The standard InChI is InChI=1S/C17H27N/c1-6-7-13-8-9-14-12(2)11-18-16(15(14)10-13)17(3,4)5/h8-10,12,16,18H,6-7,11H2,1-5H3. The Morgan fingerprint density at radius 3 is 2.56 bits per heavy atom. The summed E-state index contributed by atoms with van der Waals surface area (Å²) in [5, 5.41) is 3.73. The molecule has 0 bridgehead atoms.